The largest absolute Gasteiger partial charge is 0.432 e. The molecule has 3 aromatic rings. The lowest BCUT2D eigenvalue weighted by Crippen LogP contribution is -2.25. The number of halogens is 10. The molecule has 39 heavy (non-hydrogen) atoms. The van der Waals surface area contributed by atoms with Crippen LogP contribution in [0.25, 0.3) is 11.1 Å². The Labute approximate surface area is 217 Å². The van der Waals surface area contributed by atoms with Gasteiger partial charge in [-0.1, -0.05) is 25.5 Å². The maximum absolute atomic E-state index is 14.9. The van der Waals surface area contributed by atoms with Gasteiger partial charge >= 0.3 is 12.3 Å². The number of alkyl halides is 5. The van der Waals surface area contributed by atoms with Crippen LogP contribution >= 0.6 is 0 Å². The van der Waals surface area contributed by atoms with Gasteiger partial charge < -0.3 is 4.74 Å². The summed E-state index contributed by atoms with van der Waals surface area (Å²) >= 11 is 0. The third-order valence-corrected chi connectivity index (χ3v) is 7.08. The van der Waals surface area contributed by atoms with Gasteiger partial charge in [-0.2, -0.15) is 22.0 Å². The summed E-state index contributed by atoms with van der Waals surface area (Å²) in [6.45, 7) is 2.11. The molecular weight excluding hydrogens is 542 g/mol. The summed E-state index contributed by atoms with van der Waals surface area (Å²) in [4.78, 5) is 0. The molecule has 210 valence electrons. The van der Waals surface area contributed by atoms with Gasteiger partial charge in [-0.3, -0.25) is 0 Å². The fourth-order valence-corrected chi connectivity index (χ4v) is 5.01. The highest BCUT2D eigenvalue weighted by Crippen LogP contribution is 2.41. The Bertz CT molecular complexity index is 1310. The Morgan fingerprint density at radius 3 is 1.72 bits per heavy atom. The van der Waals surface area contributed by atoms with Crippen molar-refractivity contribution >= 4 is 0 Å². The molecule has 0 unspecified atom stereocenters. The highest BCUT2D eigenvalue weighted by molar-refractivity contribution is 5.65. The third kappa shape index (κ3) is 6.01. The minimum Gasteiger partial charge on any atom is -0.429 e. The zero-order valence-electron chi connectivity index (χ0n) is 20.4. The number of hydrogen-bond donors (Lipinski definition) is 0. The van der Waals surface area contributed by atoms with Gasteiger partial charge in [-0.05, 0) is 66.8 Å². The van der Waals surface area contributed by atoms with Crippen LogP contribution in [0.5, 0.6) is 5.75 Å². The summed E-state index contributed by atoms with van der Waals surface area (Å²) in [5.74, 6) is -9.77. The van der Waals surface area contributed by atoms with E-state index in [0.29, 0.717) is 18.1 Å². The van der Waals surface area contributed by atoms with Gasteiger partial charge in [0.15, 0.2) is 0 Å². The average molecular weight is 564 g/mol. The van der Waals surface area contributed by atoms with E-state index in [2.05, 4.69) is 11.7 Å². The summed E-state index contributed by atoms with van der Waals surface area (Å²) in [5.41, 5.74) is -4.24. The van der Waals surface area contributed by atoms with Crippen molar-refractivity contribution in [3.63, 3.8) is 0 Å². The summed E-state index contributed by atoms with van der Waals surface area (Å²) in [6, 6.07) is 4.67. The lowest BCUT2D eigenvalue weighted by atomic mass is 9.77. The molecule has 0 radical (unpaired) electrons. The first-order valence-electron chi connectivity index (χ1n) is 12.1. The van der Waals surface area contributed by atoms with E-state index in [1.54, 1.807) is 6.07 Å². The molecule has 1 fully saturated rings. The molecule has 1 nitrogen and oxygen atoms in total. The molecule has 0 N–H and O–H groups in total. The van der Waals surface area contributed by atoms with Gasteiger partial charge in [0, 0.05) is 17.7 Å². The van der Waals surface area contributed by atoms with E-state index in [-0.39, 0.29) is 23.6 Å². The van der Waals surface area contributed by atoms with Crippen molar-refractivity contribution in [2.45, 2.75) is 57.2 Å². The smallest absolute Gasteiger partial charge is 0.429 e. The quantitative estimate of drug-likeness (QED) is 0.271. The number of ether oxygens (including phenoxy) is 1. The maximum atomic E-state index is 14.9. The molecular formula is C28H22F10O. The first-order chi connectivity index (χ1) is 18.2. The molecule has 1 aliphatic carbocycles. The fraction of sp³-hybridized carbons (Fsp3) is 0.357. The number of hydrogen-bond acceptors (Lipinski definition) is 1. The Hall–Kier alpha value is -3.24. The van der Waals surface area contributed by atoms with Crippen LogP contribution in [0.2, 0.25) is 0 Å². The molecule has 1 aliphatic rings. The monoisotopic (exact) mass is 564 g/mol. The fourth-order valence-electron chi connectivity index (χ4n) is 5.01. The third-order valence-electron chi connectivity index (χ3n) is 7.08. The standard InChI is InChI=1S/C28H22F10O/c1-2-14-3-5-15(6-4-14)16-7-8-19(20(29)9-16)17-10-21(30)26(22(31)11-17)28(37,38)39-18-12-23(32)25(24(33)13-18)27(34,35)36/h7-15H,2-6H2,1H3. The van der Waals surface area contributed by atoms with Crippen LogP contribution in [0.4, 0.5) is 43.9 Å². The van der Waals surface area contributed by atoms with Crippen LogP contribution in [0.1, 0.15) is 61.6 Å². The van der Waals surface area contributed by atoms with Gasteiger partial charge in [-0.15, -0.1) is 0 Å². The lowest BCUT2D eigenvalue weighted by Gasteiger charge is -2.28. The molecule has 4 rings (SSSR count). The number of benzene rings is 3. The molecule has 0 saturated heterocycles. The van der Waals surface area contributed by atoms with Crippen LogP contribution in [0.15, 0.2) is 42.5 Å². The van der Waals surface area contributed by atoms with Crippen LogP contribution in [0.3, 0.4) is 0 Å². The molecule has 3 aromatic carbocycles. The molecule has 0 amide bonds. The normalized spacial score (nSPS) is 18.3. The van der Waals surface area contributed by atoms with E-state index in [1.807, 2.05) is 0 Å². The van der Waals surface area contributed by atoms with Crippen molar-refractivity contribution in [3.05, 3.63) is 88.2 Å². The van der Waals surface area contributed by atoms with Crippen LogP contribution in [-0.2, 0) is 12.3 Å². The minimum atomic E-state index is -5.47. The Kier molecular flexibility index (Phi) is 7.91. The highest BCUT2D eigenvalue weighted by atomic mass is 19.4. The Balaban J connectivity index is 1.60. The van der Waals surface area contributed by atoms with Crippen molar-refractivity contribution in [2.75, 3.05) is 0 Å². The molecule has 0 bridgehead atoms. The van der Waals surface area contributed by atoms with Crippen molar-refractivity contribution in [3.8, 4) is 16.9 Å². The van der Waals surface area contributed by atoms with Crippen molar-refractivity contribution in [2.24, 2.45) is 5.92 Å². The second-order valence-electron chi connectivity index (χ2n) is 9.56. The van der Waals surface area contributed by atoms with Crippen LogP contribution in [-0.4, -0.2) is 0 Å². The SMILES string of the molecule is CCC1CCC(c2ccc(-c3cc(F)c(C(F)(F)Oc4cc(F)c(C(F)(F)F)c(F)c4)c(F)c3)c(F)c2)CC1. The summed E-state index contributed by atoms with van der Waals surface area (Å²) < 4.78 is 143. The molecule has 11 heteroatoms. The summed E-state index contributed by atoms with van der Waals surface area (Å²) in [6.07, 6.45) is -5.55. The van der Waals surface area contributed by atoms with Crippen molar-refractivity contribution in [1.29, 1.82) is 0 Å². The van der Waals surface area contributed by atoms with E-state index in [4.69, 9.17) is 0 Å². The number of rotatable bonds is 6. The van der Waals surface area contributed by atoms with Crippen molar-refractivity contribution in [1.82, 2.24) is 0 Å². The first kappa shape index (κ1) is 28.8. The van der Waals surface area contributed by atoms with E-state index in [9.17, 15) is 43.9 Å². The highest BCUT2D eigenvalue weighted by Gasteiger charge is 2.43. The summed E-state index contributed by atoms with van der Waals surface area (Å²) in [7, 11) is 0. The van der Waals surface area contributed by atoms with Gasteiger partial charge in [0.2, 0.25) is 0 Å². The van der Waals surface area contributed by atoms with Gasteiger partial charge in [0.05, 0.1) is 0 Å². The van der Waals surface area contributed by atoms with Crippen LogP contribution in [0, 0.1) is 35.0 Å². The second kappa shape index (κ2) is 10.7. The maximum Gasteiger partial charge on any atom is 0.432 e. The Morgan fingerprint density at radius 2 is 1.23 bits per heavy atom. The topological polar surface area (TPSA) is 9.23 Å². The van der Waals surface area contributed by atoms with Crippen molar-refractivity contribution < 1.29 is 48.6 Å². The van der Waals surface area contributed by atoms with Gasteiger partial charge in [0.1, 0.15) is 46.0 Å². The zero-order chi connectivity index (χ0) is 28.7. The predicted octanol–water partition coefficient (Wildman–Crippen LogP) is 9.88. The minimum absolute atomic E-state index is 0.128. The molecule has 0 spiro atoms. The van der Waals surface area contributed by atoms with E-state index in [0.717, 1.165) is 37.7 Å². The van der Waals surface area contributed by atoms with Gasteiger partial charge in [0.25, 0.3) is 0 Å². The predicted molar refractivity (Wildman–Crippen MR) is 123 cm³/mol. The molecule has 0 atom stereocenters. The van der Waals surface area contributed by atoms with E-state index >= 15 is 0 Å². The molecule has 0 aliphatic heterocycles. The second-order valence-corrected chi connectivity index (χ2v) is 9.56. The average Bonchev–Trinajstić information content (AvgIpc) is 2.81. The molecule has 1 saturated carbocycles. The van der Waals surface area contributed by atoms with Crippen LogP contribution < -0.4 is 4.74 Å². The lowest BCUT2D eigenvalue weighted by molar-refractivity contribution is -0.189. The van der Waals surface area contributed by atoms with E-state index in [1.165, 1.54) is 12.1 Å². The zero-order valence-corrected chi connectivity index (χ0v) is 20.4. The molecule has 0 aromatic heterocycles. The Morgan fingerprint density at radius 1 is 0.692 bits per heavy atom. The van der Waals surface area contributed by atoms with Gasteiger partial charge in [-0.25, -0.2) is 22.0 Å². The molecule has 0 heterocycles. The summed E-state index contributed by atoms with van der Waals surface area (Å²) in [5, 5.41) is 0. The van der Waals surface area contributed by atoms with E-state index < -0.39 is 63.8 Å². The first-order valence-corrected chi connectivity index (χ1v) is 12.1.